The average molecular weight is 307 g/mol. The first-order valence-corrected chi connectivity index (χ1v) is 7.41. The molecule has 1 aliphatic heterocycles. The SMILES string of the molecule is O=C(O)[C@@H]1CC[C@H](C2CCCCC2)CN1C(=O)C(F)(F)F. The number of carbonyl (C=O) groups excluding carboxylic acids is 1. The van der Waals surface area contributed by atoms with E-state index in [0.717, 1.165) is 32.1 Å². The number of carboxylic acids is 1. The minimum absolute atomic E-state index is 0.00722. The molecule has 0 aromatic heterocycles. The Labute approximate surface area is 121 Å². The van der Waals surface area contributed by atoms with Crippen molar-refractivity contribution < 1.29 is 27.9 Å². The summed E-state index contributed by atoms with van der Waals surface area (Å²) in [5.41, 5.74) is 0. The quantitative estimate of drug-likeness (QED) is 0.853. The summed E-state index contributed by atoms with van der Waals surface area (Å²) in [5, 5.41) is 9.06. The lowest BCUT2D eigenvalue weighted by Gasteiger charge is -2.41. The molecule has 1 N–H and O–H groups in total. The molecular weight excluding hydrogens is 287 g/mol. The van der Waals surface area contributed by atoms with E-state index in [4.69, 9.17) is 5.11 Å². The van der Waals surface area contributed by atoms with Crippen LogP contribution in [-0.2, 0) is 9.59 Å². The van der Waals surface area contributed by atoms with Crippen molar-refractivity contribution in [1.29, 1.82) is 0 Å². The topological polar surface area (TPSA) is 57.6 Å². The highest BCUT2D eigenvalue weighted by Crippen LogP contribution is 2.37. The Hall–Kier alpha value is -1.27. The number of amides is 1. The van der Waals surface area contributed by atoms with Gasteiger partial charge in [-0.05, 0) is 24.7 Å². The summed E-state index contributed by atoms with van der Waals surface area (Å²) in [4.78, 5) is 23.2. The van der Waals surface area contributed by atoms with Crippen molar-refractivity contribution in [3.8, 4) is 0 Å². The van der Waals surface area contributed by atoms with Crippen LogP contribution >= 0.6 is 0 Å². The number of alkyl halides is 3. The summed E-state index contributed by atoms with van der Waals surface area (Å²) < 4.78 is 38.0. The lowest BCUT2D eigenvalue weighted by Crippen LogP contribution is -2.55. The van der Waals surface area contributed by atoms with Gasteiger partial charge in [-0.2, -0.15) is 13.2 Å². The van der Waals surface area contributed by atoms with Crippen LogP contribution in [0.4, 0.5) is 13.2 Å². The third kappa shape index (κ3) is 3.68. The minimum atomic E-state index is -5.01. The molecule has 1 aliphatic carbocycles. The molecule has 1 heterocycles. The predicted molar refractivity (Wildman–Crippen MR) is 68.5 cm³/mol. The molecule has 2 aliphatic rings. The number of hydrogen-bond donors (Lipinski definition) is 1. The van der Waals surface area contributed by atoms with Gasteiger partial charge in [0.15, 0.2) is 0 Å². The molecule has 120 valence electrons. The fourth-order valence-corrected chi connectivity index (χ4v) is 3.63. The maximum atomic E-state index is 12.7. The van der Waals surface area contributed by atoms with Gasteiger partial charge in [-0.3, -0.25) is 4.79 Å². The molecule has 0 unspecified atom stereocenters. The number of hydrogen-bond acceptors (Lipinski definition) is 2. The van der Waals surface area contributed by atoms with Crippen LogP contribution in [0.5, 0.6) is 0 Å². The number of piperidine rings is 1. The van der Waals surface area contributed by atoms with E-state index in [0.29, 0.717) is 17.2 Å². The lowest BCUT2D eigenvalue weighted by molar-refractivity contribution is -0.193. The maximum absolute atomic E-state index is 12.7. The molecule has 7 heteroatoms. The first kappa shape index (κ1) is 16.1. The molecule has 2 fully saturated rings. The van der Waals surface area contributed by atoms with Gasteiger partial charge in [0, 0.05) is 6.54 Å². The van der Waals surface area contributed by atoms with Crippen LogP contribution in [0.3, 0.4) is 0 Å². The van der Waals surface area contributed by atoms with Crippen LogP contribution in [-0.4, -0.2) is 40.6 Å². The fraction of sp³-hybridized carbons (Fsp3) is 0.857. The van der Waals surface area contributed by atoms with Crippen LogP contribution in [0, 0.1) is 11.8 Å². The zero-order valence-corrected chi connectivity index (χ0v) is 11.7. The van der Waals surface area contributed by atoms with Gasteiger partial charge in [0.05, 0.1) is 0 Å². The van der Waals surface area contributed by atoms with Crippen molar-refractivity contribution in [2.45, 2.75) is 57.2 Å². The van der Waals surface area contributed by atoms with Gasteiger partial charge >= 0.3 is 18.1 Å². The van der Waals surface area contributed by atoms with E-state index in [-0.39, 0.29) is 18.9 Å². The van der Waals surface area contributed by atoms with Crippen molar-refractivity contribution in [3.63, 3.8) is 0 Å². The summed E-state index contributed by atoms with van der Waals surface area (Å²) in [7, 11) is 0. The van der Waals surface area contributed by atoms with E-state index in [9.17, 15) is 22.8 Å². The van der Waals surface area contributed by atoms with E-state index < -0.39 is 24.1 Å². The van der Waals surface area contributed by atoms with Crippen molar-refractivity contribution in [1.82, 2.24) is 4.90 Å². The third-order valence-corrected chi connectivity index (χ3v) is 4.72. The smallest absolute Gasteiger partial charge is 0.471 e. The molecule has 0 aromatic carbocycles. The number of rotatable bonds is 2. The lowest BCUT2D eigenvalue weighted by atomic mass is 9.75. The standard InChI is InChI=1S/C14H20F3NO3/c15-14(16,17)13(21)18-8-10(6-7-11(18)12(19)20)9-4-2-1-3-5-9/h9-11H,1-8H2,(H,19,20)/t10-,11-/m0/s1. The first-order valence-electron chi connectivity index (χ1n) is 7.41. The summed E-state index contributed by atoms with van der Waals surface area (Å²) >= 11 is 0. The largest absolute Gasteiger partial charge is 0.480 e. The van der Waals surface area contributed by atoms with Crippen LogP contribution in [0.25, 0.3) is 0 Å². The number of halogens is 3. The molecule has 0 radical (unpaired) electrons. The molecule has 1 saturated carbocycles. The molecule has 2 atom stereocenters. The fourth-order valence-electron chi connectivity index (χ4n) is 3.63. The Bertz CT molecular complexity index is 405. The second-order valence-corrected chi connectivity index (χ2v) is 6.04. The molecule has 21 heavy (non-hydrogen) atoms. The predicted octanol–water partition coefficient (Wildman–Crippen LogP) is 2.82. The Morgan fingerprint density at radius 3 is 2.10 bits per heavy atom. The Kier molecular flexibility index (Phi) is 4.78. The number of carboxylic acid groups (broad SMARTS) is 1. The zero-order valence-electron chi connectivity index (χ0n) is 11.7. The normalized spacial score (nSPS) is 28.4. The summed E-state index contributed by atoms with van der Waals surface area (Å²) in [6, 6.07) is -1.35. The van der Waals surface area contributed by atoms with Crippen molar-refractivity contribution in [2.75, 3.05) is 6.54 Å². The van der Waals surface area contributed by atoms with Crippen molar-refractivity contribution >= 4 is 11.9 Å². The summed E-state index contributed by atoms with van der Waals surface area (Å²) in [6.07, 6.45) is 0.899. The molecule has 2 rings (SSSR count). The van der Waals surface area contributed by atoms with Crippen molar-refractivity contribution in [2.24, 2.45) is 11.8 Å². The second kappa shape index (κ2) is 6.23. The first-order chi connectivity index (χ1) is 9.80. The van der Waals surface area contributed by atoms with Crippen LogP contribution in [0.2, 0.25) is 0 Å². The van der Waals surface area contributed by atoms with E-state index in [1.165, 1.54) is 0 Å². The Balaban J connectivity index is 2.11. The molecule has 0 spiro atoms. The number of carbonyl (C=O) groups is 2. The Morgan fingerprint density at radius 1 is 0.952 bits per heavy atom. The number of likely N-dealkylation sites (tertiary alicyclic amines) is 1. The van der Waals surface area contributed by atoms with Crippen LogP contribution in [0.15, 0.2) is 0 Å². The highest BCUT2D eigenvalue weighted by molar-refractivity contribution is 5.87. The van der Waals surface area contributed by atoms with Gasteiger partial charge in [-0.1, -0.05) is 32.1 Å². The third-order valence-electron chi connectivity index (χ3n) is 4.72. The van der Waals surface area contributed by atoms with Gasteiger partial charge in [0.2, 0.25) is 0 Å². The second-order valence-electron chi connectivity index (χ2n) is 6.04. The monoisotopic (exact) mass is 307 g/mol. The van der Waals surface area contributed by atoms with Crippen LogP contribution in [0.1, 0.15) is 44.9 Å². The molecule has 4 nitrogen and oxygen atoms in total. The molecular formula is C14H20F3NO3. The summed E-state index contributed by atoms with van der Waals surface area (Å²) in [6.45, 7) is -0.0834. The molecule has 1 saturated heterocycles. The van der Waals surface area contributed by atoms with Crippen LogP contribution < -0.4 is 0 Å². The maximum Gasteiger partial charge on any atom is 0.471 e. The van der Waals surface area contributed by atoms with E-state index in [1.807, 2.05) is 0 Å². The number of nitrogens with zero attached hydrogens (tertiary/aromatic N) is 1. The number of aliphatic carboxylic acids is 1. The van der Waals surface area contributed by atoms with E-state index >= 15 is 0 Å². The summed E-state index contributed by atoms with van der Waals surface area (Å²) in [5.74, 6) is -3.06. The highest BCUT2D eigenvalue weighted by Gasteiger charge is 2.48. The van der Waals surface area contributed by atoms with Gasteiger partial charge in [0.1, 0.15) is 6.04 Å². The van der Waals surface area contributed by atoms with Gasteiger partial charge in [-0.25, -0.2) is 4.79 Å². The van der Waals surface area contributed by atoms with Gasteiger partial charge < -0.3 is 10.0 Å². The molecule has 0 bridgehead atoms. The van der Waals surface area contributed by atoms with Crippen molar-refractivity contribution in [3.05, 3.63) is 0 Å². The van der Waals surface area contributed by atoms with E-state index in [1.54, 1.807) is 0 Å². The highest BCUT2D eigenvalue weighted by atomic mass is 19.4. The van der Waals surface area contributed by atoms with Gasteiger partial charge in [0.25, 0.3) is 0 Å². The van der Waals surface area contributed by atoms with Gasteiger partial charge in [-0.15, -0.1) is 0 Å². The Morgan fingerprint density at radius 2 is 1.57 bits per heavy atom. The molecule has 1 amide bonds. The minimum Gasteiger partial charge on any atom is -0.480 e. The van der Waals surface area contributed by atoms with E-state index in [2.05, 4.69) is 0 Å². The average Bonchev–Trinajstić information content (AvgIpc) is 2.45. The molecule has 0 aromatic rings. The zero-order chi connectivity index (χ0) is 15.6.